The molecule has 23 heteroatoms. The molecule has 0 spiro atoms. The van der Waals surface area contributed by atoms with Gasteiger partial charge in [0, 0.05) is 134 Å². The second-order valence-electron chi connectivity index (χ2n) is 11.8. The number of anilines is 3. The summed E-state index contributed by atoms with van der Waals surface area (Å²) in [4.78, 5) is 82.7. The van der Waals surface area contributed by atoms with Crippen molar-refractivity contribution in [3.8, 4) is 0 Å². The quantitative estimate of drug-likeness (QED) is 0.0302. The molecule has 0 aliphatic rings. The van der Waals surface area contributed by atoms with Crippen molar-refractivity contribution >= 4 is 75.3 Å². The monoisotopic (exact) mass is 1140 g/mol. The van der Waals surface area contributed by atoms with E-state index in [0.717, 1.165) is 47.8 Å². The van der Waals surface area contributed by atoms with Crippen molar-refractivity contribution in [1.82, 2.24) is 0 Å². The number of nitro benzene ring substituents is 3. The standard InChI is InChI=1S/C13H8N2O3.2C8H8NO.C7H4ClNO4.C7H4NO4.3Y/c14-11-5-1-9(2-6-11)13(16)10-3-7-12(8-4-10)15(17)18;2*1-7(10)9-8-5-3-2-4-6-8;8-6-3-4(9(12)13)1-2-5(6)7(10)11;9-7(10)5-1-3-6(4-2-5)8(11)12;;;/h1,3,5-8H,14H2;2*2-3,5-6H,1H3,(H,9,10);1-3H,(H,10,11);1,3-4H,(H,9,10);;;/q-2;2*-1;;-1;;;. The van der Waals surface area contributed by atoms with E-state index < -0.39 is 26.7 Å². The second kappa shape index (κ2) is 33.0. The Kier molecular flexibility index (Phi) is 31.3. The Morgan fingerprint density at radius 2 is 0.985 bits per heavy atom. The van der Waals surface area contributed by atoms with Gasteiger partial charge in [0.2, 0.25) is 17.8 Å². The molecule has 0 bridgehead atoms. The normalized spacial score (nSPS) is 9.02. The van der Waals surface area contributed by atoms with Gasteiger partial charge in [-0.2, -0.15) is 48.5 Å². The average Bonchev–Trinajstić information content (AvgIpc) is 3.25. The van der Waals surface area contributed by atoms with Crippen molar-refractivity contribution in [2.45, 2.75) is 13.8 Å². The predicted octanol–water partition coefficient (Wildman–Crippen LogP) is 7.93. The first-order valence-electron chi connectivity index (χ1n) is 17.3. The van der Waals surface area contributed by atoms with E-state index in [1.807, 2.05) is 24.3 Å². The van der Waals surface area contributed by atoms with Crippen LogP contribution in [0, 0.1) is 60.7 Å². The summed E-state index contributed by atoms with van der Waals surface area (Å²) in [5, 5.41) is 52.9. The molecule has 0 aliphatic carbocycles. The van der Waals surface area contributed by atoms with Gasteiger partial charge in [-0.05, 0) is 6.07 Å². The molecule has 6 aromatic carbocycles. The molecule has 66 heavy (non-hydrogen) atoms. The van der Waals surface area contributed by atoms with E-state index in [-0.39, 0.29) is 155 Å². The van der Waals surface area contributed by atoms with Crippen LogP contribution in [0.2, 0.25) is 5.02 Å². The van der Waals surface area contributed by atoms with Crippen molar-refractivity contribution < 1.29 is 147 Å². The molecule has 0 fully saturated rings. The van der Waals surface area contributed by atoms with E-state index in [1.54, 1.807) is 36.4 Å². The van der Waals surface area contributed by atoms with Crippen molar-refractivity contribution in [2.24, 2.45) is 0 Å². The zero-order chi connectivity index (χ0) is 47.1. The molecule has 6 N–H and O–H groups in total. The molecule has 0 atom stereocenters. The van der Waals surface area contributed by atoms with Gasteiger partial charge in [0.1, 0.15) is 0 Å². The number of carbonyl (C=O) groups is 5. The number of ketones is 1. The number of carboxylic acid groups (broad SMARTS) is 2. The summed E-state index contributed by atoms with van der Waals surface area (Å²) in [7, 11) is 0. The summed E-state index contributed by atoms with van der Waals surface area (Å²) in [5.74, 6) is -2.77. The molecule has 0 saturated heterocycles. The molecular weight excluding hydrogens is 1110 g/mol. The largest absolute Gasteiger partial charge is 0.521 e. The van der Waals surface area contributed by atoms with Crippen LogP contribution < -0.4 is 16.4 Å². The Morgan fingerprint density at radius 1 is 0.576 bits per heavy atom. The summed E-state index contributed by atoms with van der Waals surface area (Å²) in [6, 6.07) is 42.5. The Bertz CT molecular complexity index is 2460. The summed E-state index contributed by atoms with van der Waals surface area (Å²) >= 11 is 5.48. The average molecular weight is 1140 g/mol. The van der Waals surface area contributed by atoms with Crippen LogP contribution in [0.1, 0.15) is 50.5 Å². The SMILES string of the molecule is CC(=O)Nc1c[c-]ccc1.CC(=O)Nc1c[c-]ccc1.Nc1c[c-]c(C(=O)c2[c-]cc([N+](=O)[O-])cc2)cc1.O=C(O)c1[c-]cc([N+](=O)[O-])cc1.O=C(O)c1ccc([N+](=O)[O-])cc1Cl.[Y].[Y].[Y]. The van der Waals surface area contributed by atoms with Gasteiger partial charge in [0.25, 0.3) is 5.69 Å². The first-order valence-corrected chi connectivity index (χ1v) is 17.7. The molecule has 6 aromatic rings. The van der Waals surface area contributed by atoms with Gasteiger partial charge >= 0.3 is 5.97 Å². The Labute approximate surface area is 457 Å². The maximum atomic E-state index is 12.0. The maximum absolute atomic E-state index is 12.0. The van der Waals surface area contributed by atoms with Gasteiger partial charge in [-0.3, -0.25) is 39.9 Å². The molecule has 0 aliphatic heterocycles. The number of nitro groups is 3. The van der Waals surface area contributed by atoms with Gasteiger partial charge in [-0.15, -0.1) is 71.8 Å². The van der Waals surface area contributed by atoms with Crippen LogP contribution in [0.5, 0.6) is 0 Å². The molecule has 6 rings (SSSR count). The number of nitrogen functional groups attached to an aromatic ring is 1. The third-order valence-electron chi connectivity index (χ3n) is 7.02. The van der Waals surface area contributed by atoms with Crippen LogP contribution in [0.3, 0.4) is 0 Å². The van der Waals surface area contributed by atoms with Gasteiger partial charge in [0.05, 0.1) is 21.3 Å². The molecule has 0 saturated carbocycles. The summed E-state index contributed by atoms with van der Waals surface area (Å²) < 4.78 is 0. The van der Waals surface area contributed by atoms with Gasteiger partial charge in [-0.1, -0.05) is 58.5 Å². The number of hydrogen-bond donors (Lipinski definition) is 5. The van der Waals surface area contributed by atoms with Crippen molar-refractivity contribution in [2.75, 3.05) is 16.4 Å². The number of hydrogen-bond acceptors (Lipinski definition) is 12. The first-order chi connectivity index (χ1) is 29.8. The van der Waals surface area contributed by atoms with Crippen molar-refractivity contribution in [1.29, 1.82) is 0 Å². The number of nitrogens with two attached hydrogens (primary N) is 1. The minimum Gasteiger partial charge on any atom is -0.521 e. The fraction of sp³-hybridized carbons (Fsp3) is 0.0465. The third-order valence-corrected chi connectivity index (χ3v) is 7.33. The topological polar surface area (TPSA) is 305 Å². The number of carbonyl (C=O) groups excluding carboxylic acids is 3. The number of carboxylic acids is 2. The first kappa shape index (κ1) is 62.6. The zero-order valence-electron chi connectivity index (χ0n) is 34.5. The molecule has 2 amide bonds. The smallest absolute Gasteiger partial charge is 0.337 e. The number of non-ortho nitro benzene ring substituents is 3. The van der Waals surface area contributed by atoms with E-state index in [1.165, 1.54) is 38.1 Å². The number of nitrogens with one attached hydrogen (secondary N) is 2. The molecular formula is C43H32ClN6O13Y3-5. The van der Waals surface area contributed by atoms with E-state index in [0.29, 0.717) is 11.3 Å². The molecule has 0 unspecified atom stereocenters. The van der Waals surface area contributed by atoms with Crippen molar-refractivity contribution in [3.63, 3.8) is 0 Å². The summed E-state index contributed by atoms with van der Waals surface area (Å²) in [6.07, 6.45) is 0. The predicted molar refractivity (Wildman–Crippen MR) is 228 cm³/mol. The van der Waals surface area contributed by atoms with Crippen LogP contribution in [0.15, 0.2) is 121 Å². The van der Waals surface area contributed by atoms with Gasteiger partial charge in [-0.25, -0.2) is 4.79 Å². The van der Waals surface area contributed by atoms with E-state index in [2.05, 4.69) is 41.0 Å². The number of amides is 2. The Morgan fingerprint density at radius 3 is 1.29 bits per heavy atom. The van der Waals surface area contributed by atoms with Crippen LogP contribution in [0.4, 0.5) is 34.1 Å². The van der Waals surface area contributed by atoms with E-state index >= 15 is 0 Å². The van der Waals surface area contributed by atoms with E-state index in [9.17, 15) is 54.3 Å². The third kappa shape index (κ3) is 24.1. The number of halogens is 1. The van der Waals surface area contributed by atoms with Gasteiger partial charge in [0.15, 0.2) is 11.4 Å². The molecule has 0 aromatic heterocycles. The number of benzene rings is 6. The van der Waals surface area contributed by atoms with Crippen molar-refractivity contribution in [3.05, 3.63) is 209 Å². The van der Waals surface area contributed by atoms with E-state index in [4.69, 9.17) is 27.5 Å². The number of aromatic carboxylic acids is 2. The number of rotatable bonds is 9. The van der Waals surface area contributed by atoms with Crippen LogP contribution >= 0.6 is 11.6 Å². The van der Waals surface area contributed by atoms with Gasteiger partial charge < -0.3 is 36.2 Å². The van der Waals surface area contributed by atoms with Crippen LogP contribution in [0.25, 0.3) is 0 Å². The van der Waals surface area contributed by atoms with Crippen LogP contribution in [-0.2, 0) is 108 Å². The molecule has 19 nitrogen and oxygen atoms in total. The fourth-order valence-corrected chi connectivity index (χ4v) is 4.45. The minimum absolute atomic E-state index is 0. The van der Waals surface area contributed by atoms with Crippen LogP contribution in [-0.4, -0.2) is 54.5 Å². The molecule has 333 valence electrons. The zero-order valence-corrected chi connectivity index (χ0v) is 43.7. The summed E-state index contributed by atoms with van der Waals surface area (Å²) in [5.41, 5.74) is 7.45. The minimum atomic E-state index is -1.21. The molecule has 3 radical (unpaired) electrons. The molecule has 0 heterocycles. The fourth-order valence-electron chi connectivity index (χ4n) is 4.20. The Balaban J connectivity index is 0. The maximum Gasteiger partial charge on any atom is 0.337 e. The number of nitrogens with zero attached hydrogens (tertiary/aromatic N) is 3. The second-order valence-corrected chi connectivity index (χ2v) is 12.2. The summed E-state index contributed by atoms with van der Waals surface area (Å²) in [6.45, 7) is 2.96. The Hall–Kier alpha value is -5.53.